The quantitative estimate of drug-likeness (QED) is 0.242. The summed E-state index contributed by atoms with van der Waals surface area (Å²) in [4.78, 5) is 23.7. The topological polar surface area (TPSA) is 106 Å². The van der Waals surface area contributed by atoms with E-state index in [1.807, 2.05) is 78.9 Å². The molecular formula is C32H27N5O3S. The highest BCUT2D eigenvalue weighted by Crippen LogP contribution is 2.34. The van der Waals surface area contributed by atoms with E-state index >= 15 is 0 Å². The van der Waals surface area contributed by atoms with Crippen molar-refractivity contribution in [3.05, 3.63) is 126 Å². The molecule has 0 aliphatic carbocycles. The molecular weight excluding hydrogens is 534 g/mol. The second kappa shape index (κ2) is 10.9. The second-order valence-corrected chi connectivity index (χ2v) is 11.2. The first-order valence-electron chi connectivity index (χ1n) is 13.2. The largest absolute Gasteiger partial charge is 0.348 e. The zero-order valence-corrected chi connectivity index (χ0v) is 23.1. The van der Waals surface area contributed by atoms with Gasteiger partial charge in [-0.25, -0.2) is 18.4 Å². The van der Waals surface area contributed by atoms with Crippen LogP contribution < -0.4 is 10.0 Å². The predicted molar refractivity (Wildman–Crippen MR) is 161 cm³/mol. The Hall–Kier alpha value is -5.02. The van der Waals surface area contributed by atoms with Crippen LogP contribution in [0.5, 0.6) is 0 Å². The smallest absolute Gasteiger partial charge is 0.263 e. The van der Waals surface area contributed by atoms with Gasteiger partial charge in [-0.1, -0.05) is 79.7 Å². The van der Waals surface area contributed by atoms with Gasteiger partial charge in [-0.15, -0.1) is 0 Å². The highest BCUT2D eigenvalue weighted by molar-refractivity contribution is 7.92. The maximum atomic E-state index is 13.9. The molecule has 6 aromatic rings. The molecule has 0 radical (unpaired) electrons. The lowest BCUT2D eigenvalue weighted by atomic mass is 10.1. The molecule has 0 aliphatic rings. The normalized spacial score (nSPS) is 11.5. The van der Waals surface area contributed by atoms with Crippen molar-refractivity contribution in [1.29, 1.82) is 0 Å². The lowest BCUT2D eigenvalue weighted by Gasteiger charge is -2.15. The molecule has 0 bridgehead atoms. The van der Waals surface area contributed by atoms with Gasteiger partial charge >= 0.3 is 0 Å². The Labute approximate surface area is 237 Å². The summed E-state index contributed by atoms with van der Waals surface area (Å²) >= 11 is 0. The summed E-state index contributed by atoms with van der Waals surface area (Å²) < 4.78 is 31.7. The Kier molecular flexibility index (Phi) is 6.94. The van der Waals surface area contributed by atoms with Gasteiger partial charge in [0.15, 0.2) is 5.65 Å². The number of hydrogen-bond donors (Lipinski definition) is 2. The van der Waals surface area contributed by atoms with Crippen LogP contribution in [0.25, 0.3) is 27.9 Å². The maximum absolute atomic E-state index is 13.9. The minimum absolute atomic E-state index is 0.0639. The number of hydrogen-bond acceptors (Lipinski definition) is 5. The highest BCUT2D eigenvalue weighted by Gasteiger charge is 2.29. The number of benzene rings is 4. The molecule has 41 heavy (non-hydrogen) atoms. The number of rotatable bonds is 8. The molecule has 4 aromatic carbocycles. The van der Waals surface area contributed by atoms with E-state index in [9.17, 15) is 13.2 Å². The Morgan fingerprint density at radius 2 is 1.37 bits per heavy atom. The van der Waals surface area contributed by atoms with Crippen LogP contribution in [0.4, 0.5) is 5.82 Å². The van der Waals surface area contributed by atoms with Crippen LogP contribution in [0.2, 0.25) is 0 Å². The third kappa shape index (κ3) is 5.15. The molecule has 8 nitrogen and oxygen atoms in total. The van der Waals surface area contributed by atoms with Gasteiger partial charge in [-0.05, 0) is 53.9 Å². The average molecular weight is 562 g/mol. The van der Waals surface area contributed by atoms with Crippen LogP contribution >= 0.6 is 0 Å². The average Bonchev–Trinajstić information content (AvgIpc) is 3.31. The summed E-state index contributed by atoms with van der Waals surface area (Å²) in [6.45, 7) is 2.32. The van der Waals surface area contributed by atoms with E-state index < -0.39 is 15.9 Å². The van der Waals surface area contributed by atoms with E-state index in [0.29, 0.717) is 27.9 Å². The minimum Gasteiger partial charge on any atom is -0.348 e. The number of aromatic nitrogens is 3. The lowest BCUT2D eigenvalue weighted by Crippen LogP contribution is -2.25. The number of nitrogens with one attached hydrogen (secondary N) is 2. The van der Waals surface area contributed by atoms with Crippen molar-refractivity contribution in [2.24, 2.45) is 0 Å². The Morgan fingerprint density at radius 3 is 2.02 bits per heavy atom. The van der Waals surface area contributed by atoms with Crippen molar-refractivity contribution in [2.75, 3.05) is 4.72 Å². The highest BCUT2D eigenvalue weighted by atomic mass is 32.2. The molecule has 2 N–H and O–H groups in total. The number of amides is 1. The molecule has 0 fully saturated rings. The van der Waals surface area contributed by atoms with Crippen LogP contribution in [0.15, 0.2) is 114 Å². The molecule has 0 aliphatic heterocycles. The monoisotopic (exact) mass is 561 g/mol. The molecule has 0 unspecified atom stereocenters. The fourth-order valence-electron chi connectivity index (χ4n) is 4.74. The summed E-state index contributed by atoms with van der Waals surface area (Å²) in [6.07, 6.45) is 0.845. The van der Waals surface area contributed by atoms with Crippen molar-refractivity contribution in [2.45, 2.75) is 24.8 Å². The number of carbonyl (C=O) groups is 1. The zero-order valence-electron chi connectivity index (χ0n) is 22.3. The first-order valence-corrected chi connectivity index (χ1v) is 14.7. The molecule has 204 valence electrons. The standard InChI is InChI=1S/C32H27N5O3S/c1-2-22-17-19-24(20-18-22)37-30(36-41(39,40)25-13-7-4-8-14-25)28(32(38)33-21-23-11-5-3-6-12-23)29-31(37)35-27-16-10-9-15-26(27)34-29/h3-20,36H,2,21H2,1H3,(H,33,38). The number of carbonyl (C=O) groups excluding carboxylic acids is 1. The van der Waals surface area contributed by atoms with E-state index in [1.165, 1.54) is 12.1 Å². The van der Waals surface area contributed by atoms with Gasteiger partial charge in [0.05, 0.1) is 15.9 Å². The summed E-state index contributed by atoms with van der Waals surface area (Å²) in [6, 6.07) is 32.6. The molecule has 0 saturated carbocycles. The van der Waals surface area contributed by atoms with Gasteiger partial charge < -0.3 is 5.32 Å². The van der Waals surface area contributed by atoms with Crippen molar-refractivity contribution in [3.8, 4) is 5.69 Å². The molecule has 2 heterocycles. The van der Waals surface area contributed by atoms with Gasteiger partial charge in [0.25, 0.3) is 15.9 Å². The lowest BCUT2D eigenvalue weighted by molar-refractivity contribution is 0.0953. The molecule has 2 aromatic heterocycles. The van der Waals surface area contributed by atoms with E-state index in [-0.39, 0.29) is 22.8 Å². The summed E-state index contributed by atoms with van der Waals surface area (Å²) in [5.74, 6) is -0.410. The number of para-hydroxylation sites is 2. The van der Waals surface area contributed by atoms with E-state index in [1.54, 1.807) is 22.8 Å². The van der Waals surface area contributed by atoms with Crippen LogP contribution in [-0.2, 0) is 23.0 Å². The Morgan fingerprint density at radius 1 is 0.756 bits per heavy atom. The van der Waals surface area contributed by atoms with Crippen molar-refractivity contribution in [1.82, 2.24) is 19.9 Å². The number of nitrogens with zero attached hydrogens (tertiary/aromatic N) is 3. The maximum Gasteiger partial charge on any atom is 0.263 e. The summed E-state index contributed by atoms with van der Waals surface area (Å²) in [7, 11) is -4.08. The van der Waals surface area contributed by atoms with Gasteiger partial charge in [-0.2, -0.15) is 0 Å². The molecule has 0 atom stereocenters. The van der Waals surface area contributed by atoms with Gasteiger partial charge in [0.2, 0.25) is 0 Å². The third-order valence-electron chi connectivity index (χ3n) is 6.87. The van der Waals surface area contributed by atoms with E-state index in [4.69, 9.17) is 9.97 Å². The van der Waals surface area contributed by atoms with Crippen molar-refractivity contribution >= 4 is 43.9 Å². The molecule has 0 spiro atoms. The first-order chi connectivity index (χ1) is 19.9. The van der Waals surface area contributed by atoms with Crippen LogP contribution in [0.3, 0.4) is 0 Å². The SMILES string of the molecule is CCc1ccc(-n2c(NS(=O)(=O)c3ccccc3)c(C(=O)NCc3ccccc3)c3nc4ccccc4nc32)cc1. The third-order valence-corrected chi connectivity index (χ3v) is 8.23. The first kappa shape index (κ1) is 26.2. The second-order valence-electron chi connectivity index (χ2n) is 9.55. The number of sulfonamides is 1. The Balaban J connectivity index is 1.60. The van der Waals surface area contributed by atoms with Gasteiger partial charge in [-0.3, -0.25) is 14.1 Å². The van der Waals surface area contributed by atoms with Gasteiger partial charge in [0.1, 0.15) is 16.9 Å². The van der Waals surface area contributed by atoms with E-state index in [0.717, 1.165) is 17.5 Å². The van der Waals surface area contributed by atoms with Crippen LogP contribution in [0, 0.1) is 0 Å². The van der Waals surface area contributed by atoms with Crippen molar-refractivity contribution < 1.29 is 13.2 Å². The minimum atomic E-state index is -4.08. The summed E-state index contributed by atoms with van der Waals surface area (Å²) in [5, 5.41) is 2.95. The van der Waals surface area contributed by atoms with Crippen LogP contribution in [0.1, 0.15) is 28.4 Å². The number of aryl methyl sites for hydroxylation is 1. The molecule has 9 heteroatoms. The fourth-order valence-corrected chi connectivity index (χ4v) is 5.82. The van der Waals surface area contributed by atoms with Crippen molar-refractivity contribution in [3.63, 3.8) is 0 Å². The van der Waals surface area contributed by atoms with Gasteiger partial charge in [0, 0.05) is 12.2 Å². The predicted octanol–water partition coefficient (Wildman–Crippen LogP) is 5.87. The Bertz CT molecular complexity index is 1970. The number of anilines is 1. The molecule has 6 rings (SSSR count). The van der Waals surface area contributed by atoms with Crippen LogP contribution in [-0.4, -0.2) is 28.9 Å². The fraction of sp³-hybridized carbons (Fsp3) is 0.0938. The molecule has 0 saturated heterocycles. The number of fused-ring (bicyclic) bond motifs is 2. The summed E-state index contributed by atoms with van der Waals surface area (Å²) in [5.41, 5.74) is 4.63. The van der Waals surface area contributed by atoms with E-state index in [2.05, 4.69) is 17.0 Å². The zero-order chi connectivity index (χ0) is 28.4. The molecule has 1 amide bonds.